The molecule has 0 radical (unpaired) electrons. The molecule has 31 heavy (non-hydrogen) atoms. The van der Waals surface area contributed by atoms with E-state index in [0.717, 1.165) is 18.2 Å². The van der Waals surface area contributed by atoms with Gasteiger partial charge in [0.05, 0.1) is 26.4 Å². The Bertz CT molecular complexity index is 1050. The third-order valence-electron chi connectivity index (χ3n) is 4.28. The predicted molar refractivity (Wildman–Crippen MR) is 113 cm³/mol. The molecule has 2 aromatic rings. The summed E-state index contributed by atoms with van der Waals surface area (Å²) in [6, 6.07) is 8.06. The maximum Gasteiger partial charge on any atom is 0.277 e. The number of benzene rings is 2. The van der Waals surface area contributed by atoms with Gasteiger partial charge in [0, 0.05) is 30.9 Å². The van der Waals surface area contributed by atoms with Crippen LogP contribution >= 0.6 is 0 Å². The summed E-state index contributed by atoms with van der Waals surface area (Å²) >= 11 is 0. The van der Waals surface area contributed by atoms with Gasteiger partial charge in [-0.2, -0.15) is 4.31 Å². The highest BCUT2D eigenvalue weighted by atomic mass is 32.2. The van der Waals surface area contributed by atoms with Crippen molar-refractivity contribution < 1.29 is 23.1 Å². The Labute approximate surface area is 179 Å². The first-order valence-corrected chi connectivity index (χ1v) is 10.9. The molecular weight excluding hydrogens is 428 g/mol. The lowest BCUT2D eigenvalue weighted by molar-refractivity contribution is -0.394. The molecule has 12 heteroatoms. The molecule has 0 saturated heterocycles. The number of rotatable bonds is 10. The molecule has 2 aromatic carbocycles. The fraction of sp³-hybridized carbons (Fsp3) is 0.316. The standard InChI is InChI=1S/C19H22N4O7S/c1-3-9-21(10-4-2)31(29,30)18-7-5-15(6-8-18)20-19(24)14-11-16(22(25)26)13-17(12-14)23(27)28/h5-8,11-13H,3-4,9-10H2,1-2H3,(H,20,24). The summed E-state index contributed by atoms with van der Waals surface area (Å²) in [5.41, 5.74) is -1.22. The highest BCUT2D eigenvalue weighted by Gasteiger charge is 2.23. The molecule has 11 nitrogen and oxygen atoms in total. The van der Waals surface area contributed by atoms with Gasteiger partial charge in [0.1, 0.15) is 0 Å². The van der Waals surface area contributed by atoms with E-state index in [1.807, 2.05) is 13.8 Å². The van der Waals surface area contributed by atoms with Crippen molar-refractivity contribution in [3.8, 4) is 0 Å². The van der Waals surface area contributed by atoms with Gasteiger partial charge in [-0.05, 0) is 37.1 Å². The van der Waals surface area contributed by atoms with E-state index in [1.165, 1.54) is 28.6 Å². The zero-order chi connectivity index (χ0) is 23.2. The number of nitrogens with one attached hydrogen (secondary N) is 1. The van der Waals surface area contributed by atoms with Gasteiger partial charge in [0.2, 0.25) is 10.0 Å². The molecule has 0 atom stereocenters. The SMILES string of the molecule is CCCN(CCC)S(=O)(=O)c1ccc(NC(=O)c2cc([N+](=O)[O-])cc([N+](=O)[O-])c2)cc1. The smallest absolute Gasteiger partial charge is 0.277 e. The average Bonchev–Trinajstić information content (AvgIpc) is 2.73. The lowest BCUT2D eigenvalue weighted by Gasteiger charge is -2.21. The molecule has 0 saturated carbocycles. The van der Waals surface area contributed by atoms with Gasteiger partial charge in [-0.1, -0.05) is 13.8 Å². The lowest BCUT2D eigenvalue weighted by atomic mass is 10.1. The molecule has 1 amide bonds. The largest absolute Gasteiger partial charge is 0.322 e. The van der Waals surface area contributed by atoms with Gasteiger partial charge in [-0.25, -0.2) is 8.42 Å². The number of sulfonamides is 1. The first kappa shape index (κ1) is 23.9. The maximum absolute atomic E-state index is 12.8. The van der Waals surface area contributed by atoms with Gasteiger partial charge >= 0.3 is 0 Å². The van der Waals surface area contributed by atoms with E-state index in [0.29, 0.717) is 25.9 Å². The number of anilines is 1. The topological polar surface area (TPSA) is 153 Å². The molecule has 166 valence electrons. The number of nitro benzene ring substituents is 2. The average molecular weight is 450 g/mol. The van der Waals surface area contributed by atoms with Gasteiger partial charge in [0.15, 0.2) is 0 Å². The molecule has 0 aliphatic rings. The monoisotopic (exact) mass is 450 g/mol. The number of amides is 1. The maximum atomic E-state index is 12.8. The van der Waals surface area contributed by atoms with Crippen molar-refractivity contribution in [2.75, 3.05) is 18.4 Å². The van der Waals surface area contributed by atoms with Crippen molar-refractivity contribution in [2.45, 2.75) is 31.6 Å². The molecule has 2 rings (SSSR count). The number of hydrogen-bond acceptors (Lipinski definition) is 7. The van der Waals surface area contributed by atoms with Crippen molar-refractivity contribution in [2.24, 2.45) is 0 Å². The predicted octanol–water partition coefficient (Wildman–Crippen LogP) is 3.57. The van der Waals surface area contributed by atoms with E-state index in [4.69, 9.17) is 0 Å². The molecule has 0 bridgehead atoms. The summed E-state index contributed by atoms with van der Waals surface area (Å²) < 4.78 is 27.0. The Kier molecular flexibility index (Phi) is 7.78. The fourth-order valence-corrected chi connectivity index (χ4v) is 4.47. The van der Waals surface area contributed by atoms with Crippen LogP contribution in [-0.4, -0.2) is 41.6 Å². The molecule has 0 unspecified atom stereocenters. The Hall–Kier alpha value is -3.38. The summed E-state index contributed by atoms with van der Waals surface area (Å²) in [6.07, 6.45) is 1.34. The van der Waals surface area contributed by atoms with E-state index < -0.39 is 37.2 Å². The van der Waals surface area contributed by atoms with Crippen LogP contribution in [0, 0.1) is 20.2 Å². The normalized spacial score (nSPS) is 11.3. The molecule has 0 spiro atoms. The van der Waals surface area contributed by atoms with E-state index in [-0.39, 0.29) is 16.1 Å². The molecule has 0 aliphatic carbocycles. The highest BCUT2D eigenvalue weighted by Crippen LogP contribution is 2.24. The molecule has 0 heterocycles. The minimum atomic E-state index is -3.68. The number of nitrogens with zero attached hydrogens (tertiary/aromatic N) is 3. The Morgan fingerprint density at radius 2 is 1.42 bits per heavy atom. The molecule has 1 N–H and O–H groups in total. The van der Waals surface area contributed by atoms with E-state index >= 15 is 0 Å². The number of carbonyl (C=O) groups excluding carboxylic acids is 1. The quantitative estimate of drug-likeness (QED) is 0.429. The third kappa shape index (κ3) is 5.83. The van der Waals surface area contributed by atoms with Gasteiger partial charge in [-0.15, -0.1) is 0 Å². The van der Waals surface area contributed by atoms with Gasteiger partial charge in [-0.3, -0.25) is 25.0 Å². The summed E-state index contributed by atoms with van der Waals surface area (Å²) in [6.45, 7) is 4.55. The van der Waals surface area contributed by atoms with Crippen molar-refractivity contribution in [3.05, 3.63) is 68.3 Å². The van der Waals surface area contributed by atoms with Crippen LogP contribution in [0.5, 0.6) is 0 Å². The van der Waals surface area contributed by atoms with E-state index in [1.54, 1.807) is 0 Å². The summed E-state index contributed by atoms with van der Waals surface area (Å²) in [4.78, 5) is 32.8. The first-order chi connectivity index (χ1) is 14.6. The molecule has 0 aromatic heterocycles. The lowest BCUT2D eigenvalue weighted by Crippen LogP contribution is -2.32. The van der Waals surface area contributed by atoms with Crippen LogP contribution in [0.1, 0.15) is 37.0 Å². The van der Waals surface area contributed by atoms with Crippen LogP contribution in [-0.2, 0) is 10.0 Å². The molecule has 0 aliphatic heterocycles. The number of non-ortho nitro benzene ring substituents is 2. The number of nitro groups is 2. The van der Waals surface area contributed by atoms with Crippen LogP contribution in [0.15, 0.2) is 47.4 Å². The molecule has 0 fully saturated rings. The second kappa shape index (κ2) is 10.1. The van der Waals surface area contributed by atoms with Crippen LogP contribution < -0.4 is 5.32 Å². The zero-order valence-electron chi connectivity index (χ0n) is 17.0. The Balaban J connectivity index is 2.26. The van der Waals surface area contributed by atoms with E-state index in [2.05, 4.69) is 5.32 Å². The van der Waals surface area contributed by atoms with E-state index in [9.17, 15) is 33.4 Å². The van der Waals surface area contributed by atoms with Crippen LogP contribution in [0.4, 0.5) is 17.1 Å². The van der Waals surface area contributed by atoms with Crippen molar-refractivity contribution in [1.29, 1.82) is 0 Å². The number of carbonyl (C=O) groups is 1. The number of hydrogen-bond donors (Lipinski definition) is 1. The van der Waals surface area contributed by atoms with Gasteiger partial charge in [0.25, 0.3) is 17.3 Å². The van der Waals surface area contributed by atoms with Crippen molar-refractivity contribution in [3.63, 3.8) is 0 Å². The van der Waals surface area contributed by atoms with Gasteiger partial charge < -0.3 is 5.32 Å². The van der Waals surface area contributed by atoms with Crippen LogP contribution in [0.2, 0.25) is 0 Å². The van der Waals surface area contributed by atoms with Crippen LogP contribution in [0.3, 0.4) is 0 Å². The Morgan fingerprint density at radius 3 is 1.84 bits per heavy atom. The molecular formula is C19H22N4O7S. The third-order valence-corrected chi connectivity index (χ3v) is 6.20. The van der Waals surface area contributed by atoms with Crippen LogP contribution in [0.25, 0.3) is 0 Å². The summed E-state index contributed by atoms with van der Waals surface area (Å²) in [5.74, 6) is -0.805. The first-order valence-electron chi connectivity index (χ1n) is 9.45. The Morgan fingerprint density at radius 1 is 0.935 bits per heavy atom. The van der Waals surface area contributed by atoms with Crippen molar-refractivity contribution in [1.82, 2.24) is 4.31 Å². The summed E-state index contributed by atoms with van der Waals surface area (Å²) in [5, 5.41) is 24.4. The second-order valence-electron chi connectivity index (χ2n) is 6.63. The van der Waals surface area contributed by atoms with Crippen molar-refractivity contribution >= 4 is 33.0 Å². The fourth-order valence-electron chi connectivity index (χ4n) is 2.85. The summed E-state index contributed by atoms with van der Waals surface area (Å²) in [7, 11) is -3.68. The minimum absolute atomic E-state index is 0.0679. The highest BCUT2D eigenvalue weighted by molar-refractivity contribution is 7.89. The minimum Gasteiger partial charge on any atom is -0.322 e. The second-order valence-corrected chi connectivity index (χ2v) is 8.57. The zero-order valence-corrected chi connectivity index (χ0v) is 17.8.